The normalized spacial score (nSPS) is 10.7. The van der Waals surface area contributed by atoms with Crippen molar-refractivity contribution in [2.75, 3.05) is 19.1 Å². The second-order valence-electron chi connectivity index (χ2n) is 7.78. The summed E-state index contributed by atoms with van der Waals surface area (Å²) >= 11 is 7.79. The number of thiazole rings is 1. The van der Waals surface area contributed by atoms with Crippen molar-refractivity contribution < 1.29 is 9.47 Å². The van der Waals surface area contributed by atoms with Gasteiger partial charge in [-0.15, -0.1) is 0 Å². The first-order valence-electron chi connectivity index (χ1n) is 11.1. The molecule has 0 fully saturated rings. The molecular weight excluding hydrogens is 476 g/mol. The van der Waals surface area contributed by atoms with Crippen LogP contribution in [0, 0.1) is 0 Å². The second kappa shape index (κ2) is 10.2. The minimum absolute atomic E-state index is 0.701. The predicted octanol–water partition coefficient (Wildman–Crippen LogP) is 8.62. The van der Waals surface area contributed by atoms with Crippen molar-refractivity contribution in [1.82, 2.24) is 4.98 Å². The highest BCUT2D eigenvalue weighted by Gasteiger charge is 2.23. The largest absolute Gasteiger partial charge is 0.497 e. The van der Waals surface area contributed by atoms with Crippen LogP contribution in [0.2, 0.25) is 5.02 Å². The lowest BCUT2D eigenvalue weighted by Gasteiger charge is -2.25. The standard InChI is InChI=1S/C29H23ClN2O2S/c1-33-25-16-12-23(13-17-25)32(24-14-18-26(34-2)19-15-24)29-27(20-6-4-3-5-7-20)31-28(35-29)21-8-10-22(30)11-9-21/h3-19H,1-2H3. The van der Waals surface area contributed by atoms with E-state index < -0.39 is 0 Å². The van der Waals surface area contributed by atoms with Crippen molar-refractivity contribution in [2.24, 2.45) is 0 Å². The topological polar surface area (TPSA) is 34.6 Å². The molecule has 0 saturated carbocycles. The zero-order valence-corrected chi connectivity index (χ0v) is 20.9. The molecule has 0 radical (unpaired) electrons. The summed E-state index contributed by atoms with van der Waals surface area (Å²) in [6, 6.07) is 34.1. The summed E-state index contributed by atoms with van der Waals surface area (Å²) in [6.45, 7) is 0. The summed E-state index contributed by atoms with van der Waals surface area (Å²) < 4.78 is 10.8. The summed E-state index contributed by atoms with van der Waals surface area (Å²) in [5.41, 5.74) is 4.98. The molecule has 0 aliphatic heterocycles. The predicted molar refractivity (Wildman–Crippen MR) is 146 cm³/mol. The average Bonchev–Trinajstić information content (AvgIpc) is 3.35. The van der Waals surface area contributed by atoms with Crippen LogP contribution in [-0.2, 0) is 0 Å². The van der Waals surface area contributed by atoms with Gasteiger partial charge < -0.3 is 14.4 Å². The van der Waals surface area contributed by atoms with E-state index in [1.54, 1.807) is 25.6 Å². The molecule has 0 amide bonds. The minimum atomic E-state index is 0.701. The van der Waals surface area contributed by atoms with Gasteiger partial charge in [-0.3, -0.25) is 0 Å². The van der Waals surface area contributed by atoms with Gasteiger partial charge in [-0.1, -0.05) is 65.4 Å². The number of rotatable bonds is 7. The van der Waals surface area contributed by atoms with Crippen LogP contribution in [-0.4, -0.2) is 19.2 Å². The molecule has 0 atom stereocenters. The Bertz CT molecular complexity index is 1350. The number of aromatic nitrogens is 1. The number of nitrogens with zero attached hydrogens (tertiary/aromatic N) is 2. The molecule has 0 unspecified atom stereocenters. The van der Waals surface area contributed by atoms with Crippen LogP contribution in [0.25, 0.3) is 21.8 Å². The first-order valence-corrected chi connectivity index (χ1v) is 12.3. The fourth-order valence-electron chi connectivity index (χ4n) is 3.81. The Balaban J connectivity index is 1.72. The van der Waals surface area contributed by atoms with Gasteiger partial charge in [0.15, 0.2) is 0 Å². The van der Waals surface area contributed by atoms with Crippen LogP contribution in [0.3, 0.4) is 0 Å². The Morgan fingerprint density at radius 2 is 1.20 bits per heavy atom. The Kier molecular flexibility index (Phi) is 6.70. The lowest BCUT2D eigenvalue weighted by molar-refractivity contribution is 0.415. The fourth-order valence-corrected chi connectivity index (χ4v) is 5.07. The number of halogens is 1. The molecule has 6 heteroatoms. The molecule has 174 valence electrons. The van der Waals surface area contributed by atoms with Gasteiger partial charge in [0.05, 0.1) is 14.2 Å². The lowest BCUT2D eigenvalue weighted by Crippen LogP contribution is -2.09. The molecule has 5 aromatic rings. The van der Waals surface area contributed by atoms with Crippen molar-refractivity contribution in [3.05, 3.63) is 108 Å². The Morgan fingerprint density at radius 1 is 0.657 bits per heavy atom. The van der Waals surface area contributed by atoms with E-state index in [9.17, 15) is 0 Å². The third kappa shape index (κ3) is 4.87. The number of anilines is 3. The van der Waals surface area contributed by atoms with E-state index in [0.29, 0.717) is 5.02 Å². The van der Waals surface area contributed by atoms with Crippen LogP contribution < -0.4 is 14.4 Å². The van der Waals surface area contributed by atoms with Crippen molar-refractivity contribution in [3.63, 3.8) is 0 Å². The number of hydrogen-bond donors (Lipinski definition) is 0. The fraction of sp³-hybridized carbons (Fsp3) is 0.0690. The maximum atomic E-state index is 6.15. The number of methoxy groups -OCH3 is 2. The van der Waals surface area contributed by atoms with Crippen molar-refractivity contribution in [1.29, 1.82) is 0 Å². The van der Waals surface area contributed by atoms with Crippen LogP contribution in [0.1, 0.15) is 0 Å². The van der Waals surface area contributed by atoms with E-state index in [1.165, 1.54) is 0 Å². The zero-order chi connectivity index (χ0) is 24.2. The molecule has 0 aliphatic rings. The van der Waals surface area contributed by atoms with Crippen LogP contribution >= 0.6 is 22.9 Å². The zero-order valence-electron chi connectivity index (χ0n) is 19.3. The summed E-state index contributed by atoms with van der Waals surface area (Å²) in [7, 11) is 3.34. The van der Waals surface area contributed by atoms with Gasteiger partial charge in [-0.05, 0) is 60.7 Å². The van der Waals surface area contributed by atoms with Crippen LogP contribution in [0.15, 0.2) is 103 Å². The molecular formula is C29H23ClN2O2S. The van der Waals surface area contributed by atoms with Crippen molar-refractivity contribution in [2.45, 2.75) is 0 Å². The van der Waals surface area contributed by atoms with Gasteiger partial charge in [0, 0.05) is 27.5 Å². The quantitative estimate of drug-likeness (QED) is 0.225. The van der Waals surface area contributed by atoms with Gasteiger partial charge in [-0.25, -0.2) is 4.98 Å². The highest BCUT2D eigenvalue weighted by atomic mass is 35.5. The Labute approximate surface area is 214 Å². The first-order chi connectivity index (χ1) is 17.2. The number of hydrogen-bond acceptors (Lipinski definition) is 5. The number of benzene rings is 4. The summed E-state index contributed by atoms with van der Waals surface area (Å²) in [5, 5.41) is 2.63. The second-order valence-corrected chi connectivity index (χ2v) is 9.19. The van der Waals surface area contributed by atoms with E-state index in [2.05, 4.69) is 41.3 Å². The van der Waals surface area contributed by atoms with Crippen molar-refractivity contribution in [3.8, 4) is 33.3 Å². The molecule has 35 heavy (non-hydrogen) atoms. The van der Waals surface area contributed by atoms with E-state index in [1.807, 2.05) is 66.7 Å². The average molecular weight is 499 g/mol. The molecule has 0 spiro atoms. The SMILES string of the molecule is COc1ccc(N(c2ccc(OC)cc2)c2sc(-c3ccc(Cl)cc3)nc2-c2ccccc2)cc1. The molecule has 1 aromatic heterocycles. The van der Waals surface area contributed by atoms with Gasteiger partial charge in [0.1, 0.15) is 27.2 Å². The monoisotopic (exact) mass is 498 g/mol. The molecule has 0 bridgehead atoms. The molecule has 0 saturated heterocycles. The van der Waals surface area contributed by atoms with Gasteiger partial charge in [0.25, 0.3) is 0 Å². The van der Waals surface area contributed by atoms with Crippen LogP contribution in [0.5, 0.6) is 11.5 Å². The minimum Gasteiger partial charge on any atom is -0.497 e. The molecule has 0 aliphatic carbocycles. The molecule has 4 aromatic carbocycles. The maximum Gasteiger partial charge on any atom is 0.129 e. The summed E-state index contributed by atoms with van der Waals surface area (Å²) in [4.78, 5) is 7.32. The molecule has 0 N–H and O–H groups in total. The Morgan fingerprint density at radius 3 is 1.71 bits per heavy atom. The van der Waals surface area contributed by atoms with Gasteiger partial charge in [-0.2, -0.15) is 0 Å². The third-order valence-corrected chi connectivity index (χ3v) is 6.95. The summed E-state index contributed by atoms with van der Waals surface area (Å²) in [5.74, 6) is 1.61. The van der Waals surface area contributed by atoms with Crippen molar-refractivity contribution >= 4 is 39.3 Å². The van der Waals surface area contributed by atoms with E-state index in [0.717, 1.165) is 49.7 Å². The number of ether oxygens (including phenoxy) is 2. The van der Waals surface area contributed by atoms with Gasteiger partial charge >= 0.3 is 0 Å². The van der Waals surface area contributed by atoms with E-state index in [-0.39, 0.29) is 0 Å². The highest BCUT2D eigenvalue weighted by Crippen LogP contribution is 2.47. The highest BCUT2D eigenvalue weighted by molar-refractivity contribution is 7.19. The lowest BCUT2D eigenvalue weighted by atomic mass is 10.1. The smallest absolute Gasteiger partial charge is 0.129 e. The molecule has 1 heterocycles. The van der Waals surface area contributed by atoms with E-state index in [4.69, 9.17) is 26.1 Å². The maximum absolute atomic E-state index is 6.15. The summed E-state index contributed by atoms with van der Waals surface area (Å²) in [6.07, 6.45) is 0. The van der Waals surface area contributed by atoms with E-state index >= 15 is 0 Å². The molecule has 4 nitrogen and oxygen atoms in total. The third-order valence-electron chi connectivity index (χ3n) is 5.61. The first kappa shape index (κ1) is 23.0. The van der Waals surface area contributed by atoms with Crippen LogP contribution in [0.4, 0.5) is 16.4 Å². The Hall–Kier alpha value is -3.80. The van der Waals surface area contributed by atoms with Gasteiger partial charge in [0.2, 0.25) is 0 Å². The molecule has 5 rings (SSSR count).